The molecule has 1 amide bonds. The Bertz CT molecular complexity index is 854. The van der Waals surface area contributed by atoms with Crippen molar-refractivity contribution in [2.45, 2.75) is 50.2 Å². The van der Waals surface area contributed by atoms with Crippen molar-refractivity contribution < 1.29 is 13.6 Å². The number of hydrogen-bond acceptors (Lipinski definition) is 3. The molecule has 0 aliphatic carbocycles. The van der Waals surface area contributed by atoms with Gasteiger partial charge in [-0.2, -0.15) is 0 Å². The van der Waals surface area contributed by atoms with Crippen LogP contribution in [0.1, 0.15) is 53.1 Å². The van der Waals surface area contributed by atoms with E-state index in [0.29, 0.717) is 30.1 Å². The van der Waals surface area contributed by atoms with Gasteiger partial charge in [0.25, 0.3) is 0 Å². The molecule has 29 heavy (non-hydrogen) atoms. The predicted octanol–water partition coefficient (Wildman–Crippen LogP) is 3.56. The van der Waals surface area contributed by atoms with E-state index in [2.05, 4.69) is 16.3 Å². The average molecular weight is 399 g/mol. The summed E-state index contributed by atoms with van der Waals surface area (Å²) in [5.41, 5.74) is 7.30. The second kappa shape index (κ2) is 8.59. The van der Waals surface area contributed by atoms with Crippen LogP contribution >= 0.6 is 0 Å². The van der Waals surface area contributed by atoms with Crippen LogP contribution in [-0.4, -0.2) is 36.0 Å². The number of primary amides is 1. The molecule has 3 N–H and O–H groups in total. The van der Waals surface area contributed by atoms with Crippen LogP contribution in [0.5, 0.6) is 0 Å². The molecule has 2 saturated heterocycles. The van der Waals surface area contributed by atoms with Crippen LogP contribution in [0.2, 0.25) is 0 Å². The summed E-state index contributed by atoms with van der Waals surface area (Å²) in [6, 6.07) is 12.7. The van der Waals surface area contributed by atoms with Gasteiger partial charge in [0, 0.05) is 42.8 Å². The topological polar surface area (TPSA) is 58.4 Å². The Balaban J connectivity index is 1.32. The third-order valence-corrected chi connectivity index (χ3v) is 6.44. The number of fused-ring (bicyclic) bond motifs is 2. The van der Waals surface area contributed by atoms with Gasteiger partial charge in [-0.1, -0.05) is 18.2 Å². The van der Waals surface area contributed by atoms with Gasteiger partial charge < -0.3 is 11.1 Å². The smallest absolute Gasteiger partial charge is 0.248 e. The number of carbonyl (C=O) groups excluding carboxylic acids is 1. The van der Waals surface area contributed by atoms with E-state index in [4.69, 9.17) is 5.73 Å². The maximum atomic E-state index is 13.7. The predicted molar refractivity (Wildman–Crippen MR) is 109 cm³/mol. The average Bonchev–Trinajstić information content (AvgIpc) is 2.94. The lowest BCUT2D eigenvalue weighted by atomic mass is 9.84. The molecule has 0 aromatic heterocycles. The monoisotopic (exact) mass is 399 g/mol. The van der Waals surface area contributed by atoms with Crippen molar-refractivity contribution in [2.75, 3.05) is 13.1 Å². The van der Waals surface area contributed by atoms with E-state index < -0.39 is 11.6 Å². The highest BCUT2D eigenvalue weighted by atomic mass is 19.1. The van der Waals surface area contributed by atoms with Crippen molar-refractivity contribution in [2.24, 2.45) is 5.73 Å². The summed E-state index contributed by atoms with van der Waals surface area (Å²) < 4.78 is 27.5. The zero-order chi connectivity index (χ0) is 20.4. The fourth-order valence-electron chi connectivity index (χ4n) is 4.98. The Hall–Kier alpha value is -2.31. The van der Waals surface area contributed by atoms with Gasteiger partial charge in [-0.25, -0.2) is 8.78 Å². The van der Waals surface area contributed by atoms with Gasteiger partial charge in [0.1, 0.15) is 11.6 Å². The lowest BCUT2D eigenvalue weighted by Gasteiger charge is -2.39. The Morgan fingerprint density at radius 3 is 2.38 bits per heavy atom. The minimum atomic E-state index is -0.503. The van der Waals surface area contributed by atoms with Gasteiger partial charge >= 0.3 is 0 Å². The summed E-state index contributed by atoms with van der Waals surface area (Å²) in [5.74, 6) is -0.943. The fraction of sp³-hybridized carbons (Fsp3) is 0.435. The number of nitrogens with two attached hydrogens (primary N) is 1. The molecular weight excluding hydrogens is 372 g/mol. The summed E-state index contributed by atoms with van der Waals surface area (Å²) in [6.45, 7) is 1.77. The highest BCUT2D eigenvalue weighted by molar-refractivity contribution is 5.92. The summed E-state index contributed by atoms with van der Waals surface area (Å²) >= 11 is 0. The summed E-state index contributed by atoms with van der Waals surface area (Å²) in [7, 11) is 0. The Labute approximate surface area is 170 Å². The molecule has 2 heterocycles. The number of amides is 1. The van der Waals surface area contributed by atoms with E-state index in [0.717, 1.165) is 19.4 Å². The molecule has 4 rings (SSSR count). The number of piperidine rings is 1. The number of hydrogen-bond donors (Lipinski definition) is 2. The first-order valence-corrected chi connectivity index (χ1v) is 10.3. The van der Waals surface area contributed by atoms with Crippen LogP contribution in [0.3, 0.4) is 0 Å². The molecule has 2 unspecified atom stereocenters. The maximum absolute atomic E-state index is 13.7. The first-order chi connectivity index (χ1) is 14.0. The minimum absolute atomic E-state index is 0.100. The maximum Gasteiger partial charge on any atom is 0.248 e. The number of nitrogens with one attached hydrogen (secondary N) is 1. The molecule has 4 nitrogen and oxygen atoms in total. The van der Waals surface area contributed by atoms with Crippen molar-refractivity contribution in [1.29, 1.82) is 0 Å². The standard InChI is InChI=1S/C23H27F2N3O/c24-21-5-2-6-22(25)20(21)14-27-9-10-28-18-7-8-19(28)13-17(12-18)15-3-1-4-16(11-15)23(26)29/h1-6,11,17-19,27H,7-10,12-14H2,(H2,26,29). The lowest BCUT2D eigenvalue weighted by molar-refractivity contribution is 0.1000. The molecule has 0 spiro atoms. The molecule has 0 saturated carbocycles. The van der Waals surface area contributed by atoms with Crippen molar-refractivity contribution in [3.05, 3.63) is 70.8 Å². The van der Waals surface area contributed by atoms with Crippen LogP contribution in [0.15, 0.2) is 42.5 Å². The number of nitrogens with zero attached hydrogens (tertiary/aromatic N) is 1. The molecule has 2 fully saturated rings. The van der Waals surface area contributed by atoms with Gasteiger partial charge in [-0.15, -0.1) is 0 Å². The zero-order valence-corrected chi connectivity index (χ0v) is 16.4. The quantitative estimate of drug-likeness (QED) is 0.700. The van der Waals surface area contributed by atoms with Crippen LogP contribution < -0.4 is 11.1 Å². The Kier molecular flexibility index (Phi) is 5.92. The van der Waals surface area contributed by atoms with Crippen molar-refractivity contribution in [1.82, 2.24) is 10.2 Å². The van der Waals surface area contributed by atoms with E-state index >= 15 is 0 Å². The third-order valence-electron chi connectivity index (χ3n) is 6.44. The van der Waals surface area contributed by atoms with Crippen LogP contribution in [0.25, 0.3) is 0 Å². The third kappa shape index (κ3) is 4.33. The van der Waals surface area contributed by atoms with E-state index in [1.807, 2.05) is 12.1 Å². The van der Waals surface area contributed by atoms with Crippen LogP contribution in [0.4, 0.5) is 8.78 Å². The van der Waals surface area contributed by atoms with Gasteiger partial charge in [-0.05, 0) is 61.4 Å². The molecular formula is C23H27F2N3O. The lowest BCUT2D eigenvalue weighted by Crippen LogP contribution is -2.45. The number of rotatable bonds is 7. The number of halogens is 2. The molecule has 2 bridgehead atoms. The normalized spacial score (nSPS) is 24.0. The van der Waals surface area contributed by atoms with E-state index in [1.54, 1.807) is 6.07 Å². The molecule has 2 atom stereocenters. The molecule has 2 aromatic carbocycles. The summed E-state index contributed by atoms with van der Waals surface area (Å²) in [4.78, 5) is 14.0. The first kappa shape index (κ1) is 20.0. The highest BCUT2D eigenvalue weighted by Gasteiger charge is 2.40. The summed E-state index contributed by atoms with van der Waals surface area (Å²) in [6.07, 6.45) is 4.50. The zero-order valence-electron chi connectivity index (χ0n) is 16.4. The minimum Gasteiger partial charge on any atom is -0.366 e. The molecule has 2 aromatic rings. The SMILES string of the molecule is NC(=O)c1cccc(C2CC3CCC(C2)N3CCNCc2c(F)cccc2F)c1. The van der Waals surface area contributed by atoms with E-state index in [9.17, 15) is 13.6 Å². The van der Waals surface area contributed by atoms with Gasteiger partial charge in [0.05, 0.1) is 0 Å². The summed E-state index contributed by atoms with van der Waals surface area (Å²) in [5, 5.41) is 3.19. The van der Waals surface area contributed by atoms with Crippen molar-refractivity contribution in [3.63, 3.8) is 0 Å². The molecule has 2 aliphatic rings. The van der Waals surface area contributed by atoms with Crippen molar-refractivity contribution >= 4 is 5.91 Å². The Morgan fingerprint density at radius 2 is 1.72 bits per heavy atom. The Morgan fingerprint density at radius 1 is 1.07 bits per heavy atom. The first-order valence-electron chi connectivity index (χ1n) is 10.3. The van der Waals surface area contributed by atoms with Crippen molar-refractivity contribution in [3.8, 4) is 0 Å². The van der Waals surface area contributed by atoms with Gasteiger partial charge in [-0.3, -0.25) is 9.69 Å². The second-order valence-electron chi connectivity index (χ2n) is 8.16. The number of carbonyl (C=O) groups is 1. The highest BCUT2D eigenvalue weighted by Crippen LogP contribution is 2.42. The second-order valence-corrected chi connectivity index (χ2v) is 8.16. The molecule has 0 radical (unpaired) electrons. The fourth-order valence-corrected chi connectivity index (χ4v) is 4.98. The van der Waals surface area contributed by atoms with Crippen LogP contribution in [0, 0.1) is 11.6 Å². The van der Waals surface area contributed by atoms with Gasteiger partial charge in [0.2, 0.25) is 5.91 Å². The molecule has 154 valence electrons. The van der Waals surface area contributed by atoms with Gasteiger partial charge in [0.15, 0.2) is 0 Å². The van der Waals surface area contributed by atoms with E-state index in [1.165, 1.54) is 36.6 Å². The van der Waals surface area contributed by atoms with Crippen LogP contribution in [-0.2, 0) is 6.54 Å². The largest absolute Gasteiger partial charge is 0.366 e. The molecule has 2 aliphatic heterocycles. The molecule has 6 heteroatoms. The number of benzene rings is 2. The van der Waals surface area contributed by atoms with E-state index in [-0.39, 0.29) is 18.0 Å².